The first kappa shape index (κ1) is 15.5. The highest BCUT2D eigenvalue weighted by Gasteiger charge is 2.07. The van der Waals surface area contributed by atoms with Crippen LogP contribution in [-0.2, 0) is 0 Å². The minimum Gasteiger partial charge on any atom is -0.127 e. The van der Waals surface area contributed by atoms with E-state index in [9.17, 15) is 0 Å². The van der Waals surface area contributed by atoms with Crippen molar-refractivity contribution in [2.75, 3.05) is 0 Å². The van der Waals surface area contributed by atoms with Gasteiger partial charge in [-0.25, -0.2) is 0 Å². The first-order valence-electron chi connectivity index (χ1n) is 5.70. The number of hydrogen-bond acceptors (Lipinski definition) is 0. The van der Waals surface area contributed by atoms with Crippen molar-refractivity contribution in [2.45, 2.75) is 19.6 Å². The summed E-state index contributed by atoms with van der Waals surface area (Å²) in [6, 6.07) is 10.2. The zero-order valence-corrected chi connectivity index (χ0v) is 15.0. The summed E-state index contributed by atoms with van der Waals surface area (Å²) in [7, 11) is -1.34. The number of rotatable bonds is 2. The molecule has 1 aromatic carbocycles. The molecule has 3 heteroatoms. The van der Waals surface area contributed by atoms with Crippen molar-refractivity contribution in [1.82, 2.24) is 0 Å². The molecule has 0 aromatic heterocycles. The standard InChI is InChI=1S/C15H16Br2Si/c1-18(2,3)12-11-14(15(16)17)10-9-13-7-5-4-6-8-13/h4-10H,1-3H3/b10-9+. The van der Waals surface area contributed by atoms with Gasteiger partial charge in [-0.2, -0.15) is 0 Å². The van der Waals surface area contributed by atoms with E-state index in [2.05, 4.69) is 81.2 Å². The van der Waals surface area contributed by atoms with Gasteiger partial charge in [0, 0.05) is 5.57 Å². The van der Waals surface area contributed by atoms with Gasteiger partial charge in [-0.1, -0.05) is 62.0 Å². The molecule has 0 saturated carbocycles. The maximum absolute atomic E-state index is 3.44. The Morgan fingerprint density at radius 3 is 2.22 bits per heavy atom. The number of allylic oxidation sites excluding steroid dienone is 2. The molecular formula is C15H16Br2Si. The summed E-state index contributed by atoms with van der Waals surface area (Å²) in [6.45, 7) is 6.71. The van der Waals surface area contributed by atoms with E-state index in [0.29, 0.717) is 0 Å². The fourth-order valence-electron chi connectivity index (χ4n) is 1.15. The van der Waals surface area contributed by atoms with Crippen molar-refractivity contribution in [3.05, 3.63) is 50.9 Å². The Morgan fingerprint density at radius 1 is 1.11 bits per heavy atom. The van der Waals surface area contributed by atoms with Crippen LogP contribution >= 0.6 is 31.9 Å². The molecule has 0 spiro atoms. The predicted molar refractivity (Wildman–Crippen MR) is 91.5 cm³/mol. The summed E-state index contributed by atoms with van der Waals surface area (Å²) in [4.78, 5) is 0. The van der Waals surface area contributed by atoms with Gasteiger partial charge in [0.15, 0.2) is 0 Å². The molecule has 18 heavy (non-hydrogen) atoms. The van der Waals surface area contributed by atoms with Gasteiger partial charge in [-0.3, -0.25) is 0 Å². The van der Waals surface area contributed by atoms with Gasteiger partial charge in [0.05, 0.1) is 3.39 Å². The molecule has 0 nitrogen and oxygen atoms in total. The Labute approximate surface area is 127 Å². The van der Waals surface area contributed by atoms with Crippen LogP contribution in [0.5, 0.6) is 0 Å². The molecule has 1 aromatic rings. The molecule has 0 heterocycles. The van der Waals surface area contributed by atoms with Gasteiger partial charge in [0.25, 0.3) is 0 Å². The Kier molecular flexibility index (Phi) is 6.14. The molecule has 0 N–H and O–H groups in total. The average molecular weight is 384 g/mol. The maximum atomic E-state index is 3.44. The highest BCUT2D eigenvalue weighted by molar-refractivity contribution is 9.28. The van der Waals surface area contributed by atoms with Gasteiger partial charge in [0.1, 0.15) is 8.07 Å². The van der Waals surface area contributed by atoms with E-state index in [4.69, 9.17) is 0 Å². The van der Waals surface area contributed by atoms with Crippen molar-refractivity contribution in [3.8, 4) is 11.5 Å². The van der Waals surface area contributed by atoms with E-state index < -0.39 is 8.07 Å². The zero-order valence-electron chi connectivity index (χ0n) is 10.8. The topological polar surface area (TPSA) is 0 Å². The maximum Gasteiger partial charge on any atom is 0.129 e. The Bertz CT molecular complexity index is 507. The van der Waals surface area contributed by atoms with E-state index in [1.807, 2.05) is 24.3 Å². The third kappa shape index (κ3) is 6.39. The van der Waals surface area contributed by atoms with E-state index in [1.165, 1.54) is 5.56 Å². The SMILES string of the molecule is C[Si](C)(C)C#CC(/C=C/c1ccccc1)=C(Br)Br. The Morgan fingerprint density at radius 2 is 1.72 bits per heavy atom. The van der Waals surface area contributed by atoms with Crippen molar-refractivity contribution in [1.29, 1.82) is 0 Å². The number of benzene rings is 1. The minimum absolute atomic E-state index is 0.896. The number of hydrogen-bond donors (Lipinski definition) is 0. The largest absolute Gasteiger partial charge is 0.129 e. The van der Waals surface area contributed by atoms with Crippen LogP contribution in [0.25, 0.3) is 6.08 Å². The van der Waals surface area contributed by atoms with Gasteiger partial charge < -0.3 is 0 Å². The van der Waals surface area contributed by atoms with Crippen molar-refractivity contribution in [2.24, 2.45) is 0 Å². The van der Waals surface area contributed by atoms with E-state index in [0.717, 1.165) is 8.96 Å². The third-order valence-electron chi connectivity index (χ3n) is 2.02. The Hall–Kier alpha value is -0.563. The molecule has 0 amide bonds. The normalized spacial score (nSPS) is 10.9. The first-order chi connectivity index (χ1) is 8.38. The molecule has 0 bridgehead atoms. The molecule has 0 radical (unpaired) electrons. The zero-order chi connectivity index (χ0) is 13.6. The second-order valence-corrected chi connectivity index (χ2v) is 12.3. The van der Waals surface area contributed by atoms with Crippen molar-refractivity contribution < 1.29 is 0 Å². The summed E-state index contributed by atoms with van der Waals surface area (Å²) in [6.07, 6.45) is 4.10. The molecule has 1 rings (SSSR count). The molecule has 0 unspecified atom stereocenters. The highest BCUT2D eigenvalue weighted by atomic mass is 79.9. The third-order valence-corrected chi connectivity index (χ3v) is 3.75. The van der Waals surface area contributed by atoms with Gasteiger partial charge >= 0.3 is 0 Å². The quantitative estimate of drug-likeness (QED) is 0.355. The lowest BCUT2D eigenvalue weighted by molar-refractivity contribution is 1.65. The molecule has 0 atom stereocenters. The van der Waals surface area contributed by atoms with Crippen LogP contribution in [0.15, 0.2) is 45.4 Å². The Balaban J connectivity index is 2.93. The fourth-order valence-corrected chi connectivity index (χ4v) is 2.12. The lowest BCUT2D eigenvalue weighted by Crippen LogP contribution is -2.16. The number of halogens is 2. The fraction of sp³-hybridized carbons (Fsp3) is 0.200. The molecule has 0 aliphatic heterocycles. The van der Waals surface area contributed by atoms with Gasteiger partial charge in [0.2, 0.25) is 0 Å². The summed E-state index contributed by atoms with van der Waals surface area (Å²) in [5.41, 5.74) is 5.51. The molecule has 0 saturated heterocycles. The molecular weight excluding hydrogens is 368 g/mol. The average Bonchev–Trinajstić information content (AvgIpc) is 2.28. The van der Waals surface area contributed by atoms with E-state index >= 15 is 0 Å². The van der Waals surface area contributed by atoms with E-state index in [1.54, 1.807) is 0 Å². The van der Waals surface area contributed by atoms with Crippen LogP contribution in [0.1, 0.15) is 5.56 Å². The smallest absolute Gasteiger partial charge is 0.127 e. The summed E-state index contributed by atoms with van der Waals surface area (Å²) >= 11 is 6.88. The molecule has 94 valence electrons. The van der Waals surface area contributed by atoms with Crippen LogP contribution in [-0.4, -0.2) is 8.07 Å². The van der Waals surface area contributed by atoms with Gasteiger partial charge in [-0.15, -0.1) is 5.54 Å². The molecule has 0 aliphatic rings. The lowest BCUT2D eigenvalue weighted by Gasteiger charge is -2.03. The first-order valence-corrected chi connectivity index (χ1v) is 10.8. The summed E-state index contributed by atoms with van der Waals surface area (Å²) < 4.78 is 0.896. The van der Waals surface area contributed by atoms with Crippen LogP contribution in [0.4, 0.5) is 0 Å². The minimum atomic E-state index is -1.34. The van der Waals surface area contributed by atoms with Crippen molar-refractivity contribution in [3.63, 3.8) is 0 Å². The molecule has 0 fully saturated rings. The predicted octanol–water partition coefficient (Wildman–Crippen LogP) is 5.58. The van der Waals surface area contributed by atoms with Gasteiger partial charge in [-0.05, 0) is 43.5 Å². The second-order valence-electron chi connectivity index (χ2n) is 4.92. The van der Waals surface area contributed by atoms with Crippen LogP contribution < -0.4 is 0 Å². The summed E-state index contributed by atoms with van der Waals surface area (Å²) in [5.74, 6) is 3.24. The molecule has 0 aliphatic carbocycles. The lowest BCUT2D eigenvalue weighted by atomic mass is 10.2. The van der Waals surface area contributed by atoms with E-state index in [-0.39, 0.29) is 0 Å². The monoisotopic (exact) mass is 382 g/mol. The highest BCUT2D eigenvalue weighted by Crippen LogP contribution is 2.20. The van der Waals surface area contributed by atoms with Crippen molar-refractivity contribution >= 4 is 46.0 Å². The van der Waals surface area contributed by atoms with Crippen LogP contribution in [0, 0.1) is 11.5 Å². The summed E-state index contributed by atoms with van der Waals surface area (Å²) in [5, 5.41) is 0. The van der Waals surface area contributed by atoms with Crippen LogP contribution in [0.3, 0.4) is 0 Å². The van der Waals surface area contributed by atoms with Crippen LogP contribution in [0.2, 0.25) is 19.6 Å². The second kappa shape index (κ2) is 7.13.